The Morgan fingerprint density at radius 2 is 2.15 bits per heavy atom. The van der Waals surface area contributed by atoms with Crippen LogP contribution < -0.4 is 15.8 Å². The largest absolute Gasteiger partial charge is 0.475 e. The zero-order valence-corrected chi connectivity index (χ0v) is 13.7. The number of nitrogens with one attached hydrogen (secondary N) is 1. The average Bonchev–Trinajstić information content (AvgIpc) is 2.39. The lowest BCUT2D eigenvalue weighted by atomic mass is 10.2. The van der Waals surface area contributed by atoms with Crippen LogP contribution in [0.5, 0.6) is 5.88 Å². The van der Waals surface area contributed by atoms with E-state index in [1.165, 1.54) is 0 Å². The summed E-state index contributed by atoms with van der Waals surface area (Å²) in [5.74, 6) is 0.681. The van der Waals surface area contributed by atoms with Gasteiger partial charge in [0.1, 0.15) is 0 Å². The molecule has 3 N–H and O–H groups in total. The molecule has 0 saturated heterocycles. The summed E-state index contributed by atoms with van der Waals surface area (Å²) in [6, 6.07) is 9.74. The molecule has 106 valence electrons. The molecule has 0 aliphatic rings. The second-order valence-corrected chi connectivity index (χ2v) is 5.89. The highest BCUT2D eigenvalue weighted by Gasteiger charge is 2.07. The summed E-state index contributed by atoms with van der Waals surface area (Å²) >= 11 is 2.27. The van der Waals surface area contributed by atoms with Crippen LogP contribution in [0.2, 0.25) is 0 Å². The van der Waals surface area contributed by atoms with Crippen LogP contribution in [0.25, 0.3) is 0 Å². The van der Waals surface area contributed by atoms with Crippen molar-refractivity contribution in [1.82, 2.24) is 4.98 Å². The van der Waals surface area contributed by atoms with Crippen LogP contribution in [0, 0.1) is 3.57 Å². The van der Waals surface area contributed by atoms with Gasteiger partial charge >= 0.3 is 0 Å². The van der Waals surface area contributed by atoms with Gasteiger partial charge in [-0.25, -0.2) is 4.98 Å². The third-order valence-corrected chi connectivity index (χ3v) is 3.55. The molecule has 0 unspecified atom stereocenters. The predicted octanol–water partition coefficient (Wildman–Crippen LogP) is 3.67. The molecule has 0 aliphatic carbocycles. The van der Waals surface area contributed by atoms with Crippen LogP contribution in [-0.4, -0.2) is 11.1 Å². The Kier molecular flexibility index (Phi) is 5.05. The number of hydrogen-bond acceptors (Lipinski definition) is 4. The molecular formula is C15H18IN3O. The van der Waals surface area contributed by atoms with Crippen LogP contribution in [0.4, 0.5) is 11.4 Å². The van der Waals surface area contributed by atoms with Gasteiger partial charge in [-0.05, 0) is 60.7 Å². The molecule has 0 fully saturated rings. The summed E-state index contributed by atoms with van der Waals surface area (Å²) in [5.41, 5.74) is 8.61. The first-order valence-electron chi connectivity index (χ1n) is 6.45. The van der Waals surface area contributed by atoms with E-state index in [0.29, 0.717) is 12.4 Å². The Hall–Kier alpha value is -1.50. The number of pyridine rings is 1. The molecular weight excluding hydrogens is 365 g/mol. The SMILES string of the molecule is CC(C)Oc1ncccc1CNc1ccc(N)cc1I. The average molecular weight is 383 g/mol. The summed E-state index contributed by atoms with van der Waals surface area (Å²) in [6.07, 6.45) is 1.86. The van der Waals surface area contributed by atoms with Gasteiger partial charge in [0.15, 0.2) is 0 Å². The number of nitrogens with two attached hydrogens (primary N) is 1. The Morgan fingerprint density at radius 1 is 1.35 bits per heavy atom. The van der Waals surface area contributed by atoms with Gasteiger partial charge in [-0.2, -0.15) is 0 Å². The molecule has 1 aromatic heterocycles. The lowest BCUT2D eigenvalue weighted by Gasteiger charge is -2.14. The Balaban J connectivity index is 2.10. The van der Waals surface area contributed by atoms with Gasteiger partial charge in [0, 0.05) is 33.3 Å². The number of anilines is 2. The van der Waals surface area contributed by atoms with Gasteiger partial charge in [0.2, 0.25) is 5.88 Å². The topological polar surface area (TPSA) is 60.2 Å². The highest BCUT2D eigenvalue weighted by molar-refractivity contribution is 14.1. The number of nitrogens with zero attached hydrogens (tertiary/aromatic N) is 1. The molecule has 1 aromatic carbocycles. The number of aromatic nitrogens is 1. The van der Waals surface area contributed by atoms with Crippen LogP contribution in [0.1, 0.15) is 19.4 Å². The maximum Gasteiger partial charge on any atom is 0.218 e. The molecule has 5 heteroatoms. The molecule has 0 atom stereocenters. The summed E-state index contributed by atoms with van der Waals surface area (Å²) in [6.45, 7) is 4.65. The Labute approximate surface area is 132 Å². The van der Waals surface area contributed by atoms with Crippen molar-refractivity contribution in [2.24, 2.45) is 0 Å². The molecule has 0 bridgehead atoms. The third kappa shape index (κ3) is 4.00. The first-order valence-corrected chi connectivity index (χ1v) is 7.53. The first kappa shape index (κ1) is 14.9. The van der Waals surface area contributed by atoms with Crippen molar-refractivity contribution >= 4 is 34.0 Å². The van der Waals surface area contributed by atoms with E-state index in [4.69, 9.17) is 10.5 Å². The van der Waals surface area contributed by atoms with E-state index < -0.39 is 0 Å². The molecule has 1 heterocycles. The van der Waals surface area contributed by atoms with Crippen LogP contribution >= 0.6 is 22.6 Å². The number of rotatable bonds is 5. The first-order chi connectivity index (χ1) is 9.56. The van der Waals surface area contributed by atoms with Gasteiger partial charge in [-0.3, -0.25) is 0 Å². The fourth-order valence-corrected chi connectivity index (χ4v) is 2.48. The molecule has 0 radical (unpaired) electrons. The quantitative estimate of drug-likeness (QED) is 0.611. The molecule has 4 nitrogen and oxygen atoms in total. The van der Waals surface area contributed by atoms with Crippen LogP contribution in [-0.2, 0) is 6.54 Å². The molecule has 2 aromatic rings. The number of ether oxygens (including phenoxy) is 1. The van der Waals surface area contributed by atoms with E-state index in [1.807, 2.05) is 44.2 Å². The lowest BCUT2D eigenvalue weighted by Crippen LogP contribution is -2.11. The van der Waals surface area contributed by atoms with E-state index in [2.05, 4.69) is 32.9 Å². The van der Waals surface area contributed by atoms with Crippen molar-refractivity contribution in [2.45, 2.75) is 26.5 Å². The zero-order valence-electron chi connectivity index (χ0n) is 11.6. The van der Waals surface area contributed by atoms with Crippen molar-refractivity contribution in [3.05, 3.63) is 45.7 Å². The number of halogens is 1. The summed E-state index contributed by atoms with van der Waals surface area (Å²) in [4.78, 5) is 4.28. The normalized spacial score (nSPS) is 10.6. The Morgan fingerprint density at radius 3 is 2.85 bits per heavy atom. The number of hydrogen-bond donors (Lipinski definition) is 2. The fraction of sp³-hybridized carbons (Fsp3) is 0.267. The minimum absolute atomic E-state index is 0.111. The maximum absolute atomic E-state index is 5.75. The maximum atomic E-state index is 5.75. The van der Waals surface area contributed by atoms with Crippen molar-refractivity contribution in [2.75, 3.05) is 11.1 Å². The van der Waals surface area contributed by atoms with Gasteiger partial charge in [-0.1, -0.05) is 6.07 Å². The smallest absolute Gasteiger partial charge is 0.218 e. The summed E-state index contributed by atoms with van der Waals surface area (Å²) in [5, 5.41) is 3.39. The van der Waals surface area contributed by atoms with E-state index in [-0.39, 0.29) is 6.10 Å². The van der Waals surface area contributed by atoms with Crippen molar-refractivity contribution in [1.29, 1.82) is 0 Å². The van der Waals surface area contributed by atoms with Crippen LogP contribution in [0.3, 0.4) is 0 Å². The van der Waals surface area contributed by atoms with E-state index in [0.717, 1.165) is 20.5 Å². The van der Waals surface area contributed by atoms with Crippen molar-refractivity contribution in [3.63, 3.8) is 0 Å². The monoisotopic (exact) mass is 383 g/mol. The predicted molar refractivity (Wildman–Crippen MR) is 90.9 cm³/mol. The van der Waals surface area contributed by atoms with Crippen LogP contribution in [0.15, 0.2) is 36.5 Å². The van der Waals surface area contributed by atoms with Gasteiger partial charge in [0.25, 0.3) is 0 Å². The zero-order chi connectivity index (χ0) is 14.5. The second-order valence-electron chi connectivity index (χ2n) is 4.73. The number of nitrogen functional groups attached to an aromatic ring is 1. The second kappa shape index (κ2) is 6.78. The van der Waals surface area contributed by atoms with Gasteiger partial charge in [-0.15, -0.1) is 0 Å². The highest BCUT2D eigenvalue weighted by atomic mass is 127. The van der Waals surface area contributed by atoms with Gasteiger partial charge in [0.05, 0.1) is 6.10 Å². The number of benzene rings is 1. The molecule has 0 saturated carbocycles. The van der Waals surface area contributed by atoms with Gasteiger partial charge < -0.3 is 15.8 Å². The standard InChI is InChI=1S/C15H18IN3O/c1-10(2)20-15-11(4-3-7-18-15)9-19-14-6-5-12(17)8-13(14)16/h3-8,10,19H,9,17H2,1-2H3. The molecule has 0 spiro atoms. The van der Waals surface area contributed by atoms with E-state index in [9.17, 15) is 0 Å². The minimum atomic E-state index is 0.111. The fourth-order valence-electron chi connectivity index (χ4n) is 1.75. The molecule has 2 rings (SSSR count). The minimum Gasteiger partial charge on any atom is -0.475 e. The van der Waals surface area contributed by atoms with E-state index in [1.54, 1.807) is 6.20 Å². The summed E-state index contributed by atoms with van der Waals surface area (Å²) in [7, 11) is 0. The Bertz CT molecular complexity index is 587. The molecule has 20 heavy (non-hydrogen) atoms. The molecule has 0 aliphatic heterocycles. The summed E-state index contributed by atoms with van der Waals surface area (Å²) < 4.78 is 6.81. The highest BCUT2D eigenvalue weighted by Crippen LogP contribution is 2.23. The lowest BCUT2D eigenvalue weighted by molar-refractivity contribution is 0.230. The third-order valence-electron chi connectivity index (χ3n) is 2.66. The molecule has 0 amide bonds. The van der Waals surface area contributed by atoms with E-state index >= 15 is 0 Å². The van der Waals surface area contributed by atoms with Crippen molar-refractivity contribution < 1.29 is 4.74 Å². The van der Waals surface area contributed by atoms with Crippen molar-refractivity contribution in [3.8, 4) is 5.88 Å².